The smallest absolute Gasteiger partial charge is 0.0510 e. The van der Waals surface area contributed by atoms with Crippen LogP contribution in [0.1, 0.15) is 35.3 Å². The molecule has 0 aliphatic carbocycles. The number of pyridine rings is 1. The number of aromatic nitrogens is 1. The van der Waals surface area contributed by atoms with Crippen LogP contribution < -0.4 is 5.73 Å². The molecule has 0 saturated carbocycles. The molecule has 1 aromatic carbocycles. The maximum absolute atomic E-state index is 6.33. The van der Waals surface area contributed by atoms with Crippen LogP contribution in [0.5, 0.6) is 0 Å². The summed E-state index contributed by atoms with van der Waals surface area (Å²) in [6, 6.07) is 10.8. The second-order valence-corrected chi connectivity index (χ2v) is 6.35. The van der Waals surface area contributed by atoms with E-state index in [9.17, 15) is 0 Å². The highest BCUT2D eigenvalue weighted by Crippen LogP contribution is 2.39. The molecule has 0 radical (unpaired) electrons. The van der Waals surface area contributed by atoms with Crippen LogP contribution in [0.25, 0.3) is 0 Å². The van der Waals surface area contributed by atoms with E-state index in [1.165, 1.54) is 21.6 Å². The van der Waals surface area contributed by atoms with Crippen molar-refractivity contribution in [3.63, 3.8) is 0 Å². The van der Waals surface area contributed by atoms with E-state index in [-0.39, 0.29) is 11.3 Å². The highest BCUT2D eigenvalue weighted by molar-refractivity contribution is 7.99. The summed E-state index contributed by atoms with van der Waals surface area (Å²) in [4.78, 5) is 5.53. The van der Waals surface area contributed by atoms with Crippen LogP contribution in [0.4, 0.5) is 0 Å². The number of rotatable bonds is 5. The summed E-state index contributed by atoms with van der Waals surface area (Å²) >= 11 is 1.84. The molecule has 0 fully saturated rings. The van der Waals surface area contributed by atoms with E-state index in [1.807, 2.05) is 24.0 Å². The molecule has 0 spiro atoms. The van der Waals surface area contributed by atoms with Gasteiger partial charge in [-0.05, 0) is 43.5 Å². The third kappa shape index (κ3) is 3.62. The van der Waals surface area contributed by atoms with Gasteiger partial charge in [0.2, 0.25) is 0 Å². The van der Waals surface area contributed by atoms with Crippen LogP contribution in [0.2, 0.25) is 0 Å². The summed E-state index contributed by atoms with van der Waals surface area (Å²) in [6.45, 7) is 6.42. The van der Waals surface area contributed by atoms with Crippen molar-refractivity contribution in [3.8, 4) is 0 Å². The molecule has 1 aromatic heterocycles. The van der Waals surface area contributed by atoms with E-state index >= 15 is 0 Å². The van der Waals surface area contributed by atoms with E-state index in [0.717, 1.165) is 6.42 Å². The normalized spacial score (nSPS) is 14.0. The Morgan fingerprint density at radius 2 is 2.05 bits per heavy atom. The average molecular weight is 286 g/mol. The van der Waals surface area contributed by atoms with Gasteiger partial charge in [-0.3, -0.25) is 4.98 Å². The van der Waals surface area contributed by atoms with Gasteiger partial charge in [-0.1, -0.05) is 30.7 Å². The van der Waals surface area contributed by atoms with E-state index < -0.39 is 0 Å². The first-order valence-corrected chi connectivity index (χ1v) is 7.89. The van der Waals surface area contributed by atoms with Crippen molar-refractivity contribution in [2.75, 3.05) is 0 Å². The average Bonchev–Trinajstić information content (AvgIpc) is 2.46. The Morgan fingerprint density at radius 1 is 1.25 bits per heavy atom. The molecule has 2 unspecified atom stereocenters. The van der Waals surface area contributed by atoms with Crippen LogP contribution in [-0.2, 0) is 0 Å². The first-order chi connectivity index (χ1) is 9.61. The van der Waals surface area contributed by atoms with Crippen LogP contribution in [-0.4, -0.2) is 11.0 Å². The van der Waals surface area contributed by atoms with Gasteiger partial charge < -0.3 is 5.73 Å². The third-order valence-electron chi connectivity index (χ3n) is 3.46. The van der Waals surface area contributed by atoms with Gasteiger partial charge >= 0.3 is 0 Å². The summed E-state index contributed by atoms with van der Waals surface area (Å²) in [7, 11) is 0. The lowest BCUT2D eigenvalue weighted by molar-refractivity contribution is 0.633. The van der Waals surface area contributed by atoms with Gasteiger partial charge in [0, 0.05) is 23.3 Å². The van der Waals surface area contributed by atoms with Crippen molar-refractivity contribution in [1.29, 1.82) is 0 Å². The lowest BCUT2D eigenvalue weighted by Gasteiger charge is -2.23. The molecule has 3 heteroatoms. The number of nitrogens with two attached hydrogens (primary N) is 1. The highest BCUT2D eigenvalue weighted by atomic mass is 32.2. The van der Waals surface area contributed by atoms with Gasteiger partial charge in [-0.2, -0.15) is 0 Å². The van der Waals surface area contributed by atoms with Crippen LogP contribution >= 0.6 is 11.8 Å². The first-order valence-electron chi connectivity index (χ1n) is 7.01. The predicted molar refractivity (Wildman–Crippen MR) is 87.0 cm³/mol. The van der Waals surface area contributed by atoms with Crippen LogP contribution in [0, 0.1) is 13.8 Å². The van der Waals surface area contributed by atoms with Crippen molar-refractivity contribution in [2.24, 2.45) is 5.73 Å². The molecule has 2 atom stereocenters. The Bertz CT molecular complexity index is 554. The number of hydrogen-bond acceptors (Lipinski definition) is 3. The molecular formula is C17H22N2S. The zero-order chi connectivity index (χ0) is 14.5. The third-order valence-corrected chi connectivity index (χ3v) is 5.05. The standard InChI is InChI=1S/C17H22N2S/c1-4-15(18)17(14-6-5-9-19-11-14)20-16-8-7-12(2)10-13(16)3/h5-11,15,17H,4,18H2,1-3H3. The number of thioether (sulfide) groups is 1. The molecular weight excluding hydrogens is 264 g/mol. The lowest BCUT2D eigenvalue weighted by atomic mass is 10.1. The van der Waals surface area contributed by atoms with Crippen molar-refractivity contribution in [2.45, 2.75) is 43.4 Å². The second kappa shape index (κ2) is 6.91. The first kappa shape index (κ1) is 15.1. The minimum absolute atomic E-state index is 0.130. The molecule has 0 amide bonds. The second-order valence-electron chi connectivity index (χ2n) is 5.17. The van der Waals surface area contributed by atoms with E-state index in [0.29, 0.717) is 0 Å². The molecule has 0 aliphatic rings. The summed E-state index contributed by atoms with van der Waals surface area (Å²) < 4.78 is 0. The monoisotopic (exact) mass is 286 g/mol. The van der Waals surface area contributed by atoms with E-state index in [2.05, 4.69) is 50.0 Å². The molecule has 0 aliphatic heterocycles. The predicted octanol–water partition coefficient (Wildman–Crippen LogP) is 4.27. The molecule has 2 N–H and O–H groups in total. The minimum Gasteiger partial charge on any atom is -0.326 e. The van der Waals surface area contributed by atoms with E-state index in [1.54, 1.807) is 6.20 Å². The fraction of sp³-hybridized carbons (Fsp3) is 0.353. The van der Waals surface area contributed by atoms with Gasteiger partial charge in [0.1, 0.15) is 0 Å². The Balaban J connectivity index is 2.29. The number of aryl methyl sites for hydroxylation is 2. The zero-order valence-electron chi connectivity index (χ0n) is 12.3. The fourth-order valence-corrected chi connectivity index (χ4v) is 3.54. The Kier molecular flexibility index (Phi) is 5.21. The molecule has 2 aromatic rings. The van der Waals surface area contributed by atoms with Gasteiger partial charge in [-0.15, -0.1) is 11.8 Å². The van der Waals surface area contributed by atoms with E-state index in [4.69, 9.17) is 5.73 Å². The maximum Gasteiger partial charge on any atom is 0.0510 e. The maximum atomic E-state index is 6.33. The summed E-state index contributed by atoms with van der Waals surface area (Å²) in [5.41, 5.74) is 10.1. The number of hydrogen-bond donors (Lipinski definition) is 1. The zero-order valence-corrected chi connectivity index (χ0v) is 13.2. The quantitative estimate of drug-likeness (QED) is 0.834. The molecule has 0 bridgehead atoms. The summed E-state index contributed by atoms with van der Waals surface area (Å²) in [5.74, 6) is 0. The Hall–Kier alpha value is -1.32. The molecule has 106 valence electrons. The minimum atomic E-state index is 0.130. The topological polar surface area (TPSA) is 38.9 Å². The molecule has 0 saturated heterocycles. The van der Waals surface area contributed by atoms with Crippen LogP contribution in [0.3, 0.4) is 0 Å². The Morgan fingerprint density at radius 3 is 2.65 bits per heavy atom. The SMILES string of the molecule is CCC(N)C(Sc1ccc(C)cc1C)c1cccnc1. The van der Waals surface area contributed by atoms with Crippen LogP contribution in [0.15, 0.2) is 47.6 Å². The molecule has 2 nitrogen and oxygen atoms in total. The largest absolute Gasteiger partial charge is 0.326 e. The lowest BCUT2D eigenvalue weighted by Crippen LogP contribution is -2.25. The van der Waals surface area contributed by atoms with Gasteiger partial charge in [0.25, 0.3) is 0 Å². The van der Waals surface area contributed by atoms with Gasteiger partial charge in [0.15, 0.2) is 0 Å². The van der Waals surface area contributed by atoms with Gasteiger partial charge in [0.05, 0.1) is 5.25 Å². The fourth-order valence-electron chi connectivity index (χ4n) is 2.23. The van der Waals surface area contributed by atoms with Crippen molar-refractivity contribution in [1.82, 2.24) is 4.98 Å². The molecule has 1 heterocycles. The van der Waals surface area contributed by atoms with Gasteiger partial charge in [-0.25, -0.2) is 0 Å². The highest BCUT2D eigenvalue weighted by Gasteiger charge is 2.20. The number of benzene rings is 1. The van der Waals surface area contributed by atoms with Crippen molar-refractivity contribution < 1.29 is 0 Å². The molecule has 2 rings (SSSR count). The number of nitrogens with zero attached hydrogens (tertiary/aromatic N) is 1. The summed E-state index contributed by atoms with van der Waals surface area (Å²) in [5, 5.41) is 0.245. The van der Waals surface area contributed by atoms with Crippen molar-refractivity contribution in [3.05, 3.63) is 59.4 Å². The Labute approximate surface area is 125 Å². The molecule has 20 heavy (non-hydrogen) atoms. The summed E-state index contributed by atoms with van der Waals surface area (Å²) in [6.07, 6.45) is 4.69. The van der Waals surface area contributed by atoms with Crippen molar-refractivity contribution >= 4 is 11.8 Å².